The molecule has 15 aromatic carbocycles. The number of methoxy groups -OCH3 is 3. The Balaban J connectivity index is 0.000000212. The third kappa shape index (κ3) is 44.1. The molecule has 0 spiro atoms. The van der Waals surface area contributed by atoms with Gasteiger partial charge in [0.05, 0.1) is 62.9 Å². The van der Waals surface area contributed by atoms with Gasteiger partial charge in [-0.05, 0) is 301 Å². The molecule has 0 saturated carbocycles. The summed E-state index contributed by atoms with van der Waals surface area (Å²) in [6.07, 6.45) is 15.4. The SMILES string of the molecule is CCCCCCOc1ccc(C(=O)OCCCCOC)cc1.CCCCCOc1ccc(C(=O)OCCCCOC)cc1.CCCCOc1ccc(C(=O)OCCCCOC)cc1.CCOc1ccc2cc(C)ccc2c1.Cc1ccc2cc(C)ccc2c1.Cc1ccc2cc(C)ccc2c1.Cc1ccc2cc(C)ccc2c1.Cc1ccc2cc(Cl)ccc2c1.Cc1ccc2cc(F)ccc2c1. The van der Waals surface area contributed by atoms with Crippen LogP contribution < -0.4 is 18.9 Å². The fourth-order valence-electron chi connectivity index (χ4n) is 14.2. The molecule has 15 aromatic rings. The maximum Gasteiger partial charge on any atom is 0.338 e. The number of carbonyl (C=O) groups excluding carboxylic acids is 3. The van der Waals surface area contributed by atoms with Gasteiger partial charge in [-0.3, -0.25) is 0 Å². The Bertz CT molecular complexity index is 5340. The molecule has 0 aliphatic rings. The first-order valence-electron chi connectivity index (χ1n) is 48.4. The molecule has 0 atom stereocenters. The Labute approximate surface area is 820 Å². The molecule has 0 radical (unpaired) electrons. The summed E-state index contributed by atoms with van der Waals surface area (Å²) in [6.45, 7) is 33.7. The fraction of sp³-hybridized carbons (Fsp3) is 0.336. The minimum absolute atomic E-state index is 0.175. The van der Waals surface area contributed by atoms with Crippen molar-refractivity contribution in [1.82, 2.24) is 0 Å². The normalized spacial score (nSPS) is 10.4. The lowest BCUT2D eigenvalue weighted by Crippen LogP contribution is -2.07. The second kappa shape index (κ2) is 64.6. The van der Waals surface area contributed by atoms with Crippen molar-refractivity contribution in [2.24, 2.45) is 0 Å². The van der Waals surface area contributed by atoms with Gasteiger partial charge in [-0.15, -0.1) is 0 Å². The molecule has 137 heavy (non-hydrogen) atoms. The summed E-state index contributed by atoms with van der Waals surface area (Å²) < 4.78 is 65.4. The van der Waals surface area contributed by atoms with Crippen molar-refractivity contribution in [3.05, 3.63) is 369 Å². The van der Waals surface area contributed by atoms with Crippen molar-refractivity contribution in [1.29, 1.82) is 0 Å². The Hall–Kier alpha value is -12.4. The van der Waals surface area contributed by atoms with Gasteiger partial charge in [0.1, 0.15) is 28.8 Å². The number of halogens is 2. The molecule has 0 unspecified atom stereocenters. The predicted molar refractivity (Wildman–Crippen MR) is 571 cm³/mol. The number of hydrogen-bond acceptors (Lipinski definition) is 13. The first-order valence-corrected chi connectivity index (χ1v) is 48.8. The minimum atomic E-state index is -0.289. The Morgan fingerprint density at radius 1 is 0.226 bits per heavy atom. The standard InChI is InChI=1S/C18H28O4.C17H26O4.C16H24O4.C13H14O.3C12H12.C11H9Cl.C11H9F/c1-3-4-5-6-14-21-17-11-9-16(10-12-17)18(19)22-15-8-7-13-20-2;1-3-4-5-13-20-16-10-8-15(9-11-16)17(18)21-14-7-6-12-19-2;1-3-4-12-19-15-9-7-14(8-10-15)16(17)20-13-6-5-11-18-2;1-3-14-13-7-6-11-8-10(2)4-5-12(11)9-13;3*1-9-3-5-12-8-10(2)4-6-11(12)7-9;2*1-8-2-3-10-7-11(12)5-4-9(10)6-8/h9-12H,3-8,13-15H2,1-2H3;8-11H,3-7,12-14H2,1-2H3;7-10H,3-6,11-13H2,1-2H3;4-9H,3H2,1-2H3;3*3-8H,1-2H3;2*2-7H,1H3. The molecule has 0 aliphatic heterocycles. The predicted octanol–water partition coefficient (Wildman–Crippen LogP) is 32.5. The molecule has 0 aliphatic carbocycles. The third-order valence-electron chi connectivity index (χ3n) is 21.9. The van der Waals surface area contributed by atoms with E-state index in [4.69, 9.17) is 59.0 Å². The van der Waals surface area contributed by atoms with Gasteiger partial charge in [0.15, 0.2) is 0 Å². The number of benzene rings is 15. The molecule has 15 rings (SSSR count). The summed E-state index contributed by atoms with van der Waals surface area (Å²) in [5.74, 6) is 2.29. The topological polar surface area (TPSA) is 144 Å². The molecular formula is C122H146ClFO13. The second-order valence-electron chi connectivity index (χ2n) is 34.2. The zero-order valence-electron chi connectivity index (χ0n) is 84.0. The van der Waals surface area contributed by atoms with E-state index >= 15 is 0 Å². The van der Waals surface area contributed by atoms with Crippen molar-refractivity contribution in [3.8, 4) is 23.0 Å². The molecule has 0 saturated heterocycles. The number of ether oxygens (including phenoxy) is 10. The van der Waals surface area contributed by atoms with Crippen LogP contribution in [0.2, 0.25) is 5.02 Å². The van der Waals surface area contributed by atoms with Crippen molar-refractivity contribution in [2.45, 2.75) is 186 Å². The van der Waals surface area contributed by atoms with E-state index in [1.165, 1.54) is 142 Å². The summed E-state index contributed by atoms with van der Waals surface area (Å²) in [7, 11) is 4.99. The van der Waals surface area contributed by atoms with E-state index in [2.05, 4.69) is 240 Å². The Morgan fingerprint density at radius 3 is 0.745 bits per heavy atom. The molecule has 13 nitrogen and oxygen atoms in total. The lowest BCUT2D eigenvalue weighted by atomic mass is 10.1. The smallest absolute Gasteiger partial charge is 0.338 e. The van der Waals surface area contributed by atoms with E-state index < -0.39 is 0 Å². The number of rotatable bonds is 35. The molecule has 0 N–H and O–H groups in total. The van der Waals surface area contributed by atoms with E-state index in [0.717, 1.165) is 123 Å². The van der Waals surface area contributed by atoms with E-state index in [-0.39, 0.29) is 23.7 Å². The molecule has 0 aromatic heterocycles. The quantitative estimate of drug-likeness (QED) is 0.0211. The number of carbonyl (C=O) groups is 3. The number of aryl methyl sites for hydroxylation is 9. The van der Waals surface area contributed by atoms with Crippen LogP contribution in [0.5, 0.6) is 23.0 Å². The van der Waals surface area contributed by atoms with Crippen LogP contribution in [-0.4, -0.2) is 105 Å². The van der Waals surface area contributed by atoms with Gasteiger partial charge in [-0.2, -0.15) is 0 Å². The van der Waals surface area contributed by atoms with E-state index in [1.807, 2.05) is 74.5 Å². The van der Waals surface area contributed by atoms with Gasteiger partial charge >= 0.3 is 17.9 Å². The number of unbranched alkanes of at least 4 members (excludes halogenated alkanes) is 9. The summed E-state index contributed by atoms with van der Waals surface area (Å²) in [4.78, 5) is 35.4. The van der Waals surface area contributed by atoms with Crippen LogP contribution in [0.3, 0.4) is 0 Å². The highest BCUT2D eigenvalue weighted by molar-refractivity contribution is 6.31. The lowest BCUT2D eigenvalue weighted by molar-refractivity contribution is 0.0480. The molecule has 0 heterocycles. The minimum Gasteiger partial charge on any atom is -0.494 e. The third-order valence-corrected chi connectivity index (χ3v) is 22.1. The highest BCUT2D eigenvalue weighted by atomic mass is 35.5. The highest BCUT2D eigenvalue weighted by Crippen LogP contribution is 2.27. The molecule has 726 valence electrons. The summed E-state index contributed by atoms with van der Waals surface area (Å²) in [5, 5.41) is 15.8. The van der Waals surface area contributed by atoms with Gasteiger partial charge in [-0.1, -0.05) is 303 Å². The lowest BCUT2D eigenvalue weighted by Gasteiger charge is -2.07. The van der Waals surface area contributed by atoms with Gasteiger partial charge in [0.2, 0.25) is 0 Å². The van der Waals surface area contributed by atoms with Gasteiger partial charge in [0, 0.05) is 46.2 Å². The Kier molecular flexibility index (Phi) is 52.6. The van der Waals surface area contributed by atoms with Gasteiger partial charge in [-0.25, -0.2) is 18.8 Å². The molecular weight excluding hydrogens is 1730 g/mol. The largest absolute Gasteiger partial charge is 0.494 e. The van der Waals surface area contributed by atoms with Crippen LogP contribution >= 0.6 is 11.6 Å². The van der Waals surface area contributed by atoms with Crippen LogP contribution in [-0.2, 0) is 28.4 Å². The van der Waals surface area contributed by atoms with Crippen molar-refractivity contribution < 1.29 is 66.1 Å². The zero-order chi connectivity index (χ0) is 98.7. The van der Waals surface area contributed by atoms with Crippen molar-refractivity contribution in [2.75, 3.05) is 87.4 Å². The van der Waals surface area contributed by atoms with Crippen LogP contribution in [0.4, 0.5) is 4.39 Å². The number of esters is 3. The average Bonchev–Trinajstić information content (AvgIpc) is 0.829. The zero-order valence-corrected chi connectivity index (χ0v) is 84.7. The highest BCUT2D eigenvalue weighted by Gasteiger charge is 2.12. The molecule has 0 amide bonds. The first-order chi connectivity index (χ1) is 66.4. The molecule has 0 bridgehead atoms. The maximum atomic E-state index is 12.7. The van der Waals surface area contributed by atoms with Crippen LogP contribution in [0.25, 0.3) is 64.6 Å². The van der Waals surface area contributed by atoms with E-state index in [1.54, 1.807) is 82.0 Å². The summed E-state index contributed by atoms with van der Waals surface area (Å²) >= 11 is 5.86. The molecule has 0 fully saturated rings. The average molecular weight is 1870 g/mol. The monoisotopic (exact) mass is 1870 g/mol. The van der Waals surface area contributed by atoms with Crippen LogP contribution in [0.15, 0.2) is 291 Å². The van der Waals surface area contributed by atoms with Gasteiger partial charge < -0.3 is 47.4 Å². The maximum absolute atomic E-state index is 12.7. The second-order valence-corrected chi connectivity index (χ2v) is 34.7. The fourth-order valence-corrected chi connectivity index (χ4v) is 14.4. The number of hydrogen-bond donors (Lipinski definition) is 0. The van der Waals surface area contributed by atoms with Crippen molar-refractivity contribution >= 4 is 94.1 Å². The van der Waals surface area contributed by atoms with E-state index in [9.17, 15) is 18.8 Å². The summed E-state index contributed by atoms with van der Waals surface area (Å²) in [5.41, 5.74) is 13.4. The van der Waals surface area contributed by atoms with Gasteiger partial charge in [0.25, 0.3) is 0 Å². The molecule has 15 heteroatoms. The van der Waals surface area contributed by atoms with E-state index in [0.29, 0.717) is 62.9 Å². The summed E-state index contributed by atoms with van der Waals surface area (Å²) in [6, 6.07) is 96.4. The first kappa shape index (κ1) is 112. The van der Waals surface area contributed by atoms with Crippen molar-refractivity contribution in [3.63, 3.8) is 0 Å². The van der Waals surface area contributed by atoms with Crippen LogP contribution in [0.1, 0.15) is 205 Å². The Morgan fingerprint density at radius 2 is 0.453 bits per heavy atom. The van der Waals surface area contributed by atoms with Crippen LogP contribution in [0, 0.1) is 68.1 Å². The number of fused-ring (bicyclic) bond motifs is 6.